The quantitative estimate of drug-likeness (QED) is 0.542. The lowest BCUT2D eigenvalue weighted by Gasteiger charge is -2.41. The number of carbonyl (C=O) groups is 2. The van der Waals surface area contributed by atoms with Crippen LogP contribution in [0.1, 0.15) is 80.1 Å². The van der Waals surface area contributed by atoms with E-state index in [0.717, 1.165) is 25.7 Å². The van der Waals surface area contributed by atoms with Gasteiger partial charge in [-0.2, -0.15) is 0 Å². The molecular formula is C22H36N2O4. The Morgan fingerprint density at radius 2 is 1.00 bits per heavy atom. The van der Waals surface area contributed by atoms with E-state index in [0.29, 0.717) is 12.8 Å². The molecule has 158 valence electrons. The van der Waals surface area contributed by atoms with E-state index in [9.17, 15) is 19.8 Å². The van der Waals surface area contributed by atoms with Crippen LogP contribution in [0.3, 0.4) is 0 Å². The molecule has 0 heterocycles. The van der Waals surface area contributed by atoms with E-state index in [4.69, 9.17) is 0 Å². The molecule has 4 fully saturated rings. The van der Waals surface area contributed by atoms with Gasteiger partial charge >= 0.3 is 0 Å². The molecule has 0 spiro atoms. The van der Waals surface area contributed by atoms with Gasteiger partial charge in [0.1, 0.15) is 0 Å². The summed E-state index contributed by atoms with van der Waals surface area (Å²) in [5.41, 5.74) is 2.87. The topological polar surface area (TPSA) is 98.7 Å². The van der Waals surface area contributed by atoms with E-state index < -0.39 is 23.0 Å². The number of hydrazine groups is 1. The molecule has 0 saturated heterocycles. The highest BCUT2D eigenvalue weighted by atomic mass is 16.3. The zero-order valence-corrected chi connectivity index (χ0v) is 18.1. The van der Waals surface area contributed by atoms with Crippen molar-refractivity contribution in [2.24, 2.45) is 32.5 Å². The molecule has 6 heteroatoms. The first-order valence-corrected chi connectivity index (χ1v) is 10.7. The largest absolute Gasteiger partial charge is 0.393 e. The van der Waals surface area contributed by atoms with Crippen LogP contribution in [0, 0.1) is 32.5 Å². The Balaban J connectivity index is 1.52. The molecule has 0 aromatic rings. The maximum Gasteiger partial charge on any atom is 0.245 e. The third-order valence-corrected chi connectivity index (χ3v) is 11.1. The highest BCUT2D eigenvalue weighted by Gasteiger charge is 2.73. The molecule has 4 bridgehead atoms. The molecule has 6 atom stereocenters. The molecule has 4 aliphatic rings. The molecule has 4 rings (SSSR count). The summed E-state index contributed by atoms with van der Waals surface area (Å²) in [5.74, 6) is -0.390. The fourth-order valence-electron chi connectivity index (χ4n) is 7.61. The second-order valence-corrected chi connectivity index (χ2v) is 11.6. The van der Waals surface area contributed by atoms with E-state index in [1.165, 1.54) is 0 Å². The zero-order chi connectivity index (χ0) is 21.0. The second-order valence-electron chi connectivity index (χ2n) is 11.6. The minimum absolute atomic E-state index is 0.195. The van der Waals surface area contributed by atoms with Gasteiger partial charge in [0.25, 0.3) is 0 Å². The molecule has 4 aliphatic carbocycles. The van der Waals surface area contributed by atoms with Crippen LogP contribution in [0.15, 0.2) is 0 Å². The van der Waals surface area contributed by atoms with Crippen molar-refractivity contribution in [1.29, 1.82) is 0 Å². The van der Waals surface area contributed by atoms with E-state index in [2.05, 4.69) is 52.4 Å². The Bertz CT molecular complexity index is 687. The summed E-state index contributed by atoms with van der Waals surface area (Å²) in [6.45, 7) is 12.4. The van der Waals surface area contributed by atoms with Crippen LogP contribution >= 0.6 is 0 Å². The van der Waals surface area contributed by atoms with Gasteiger partial charge in [0.15, 0.2) is 0 Å². The number of carbonyl (C=O) groups excluding carboxylic acids is 2. The summed E-state index contributed by atoms with van der Waals surface area (Å²) >= 11 is 0. The Labute approximate surface area is 167 Å². The van der Waals surface area contributed by atoms with Gasteiger partial charge in [-0.25, -0.2) is 0 Å². The zero-order valence-electron chi connectivity index (χ0n) is 18.1. The van der Waals surface area contributed by atoms with Crippen molar-refractivity contribution in [2.45, 2.75) is 92.3 Å². The van der Waals surface area contributed by atoms with Crippen molar-refractivity contribution in [3.05, 3.63) is 0 Å². The molecular weight excluding hydrogens is 356 g/mol. The van der Waals surface area contributed by atoms with E-state index in [1.807, 2.05) is 0 Å². The maximum absolute atomic E-state index is 13.3. The van der Waals surface area contributed by atoms with Gasteiger partial charge in [0.05, 0.1) is 23.0 Å². The molecule has 0 aromatic carbocycles. The van der Waals surface area contributed by atoms with E-state index in [1.54, 1.807) is 0 Å². The van der Waals surface area contributed by atoms with Gasteiger partial charge in [0.2, 0.25) is 11.8 Å². The van der Waals surface area contributed by atoms with Crippen LogP contribution in [0.2, 0.25) is 0 Å². The van der Waals surface area contributed by atoms with Crippen molar-refractivity contribution >= 4 is 11.8 Å². The highest BCUT2D eigenvalue weighted by molar-refractivity contribution is 5.90. The number of hydrogen-bond acceptors (Lipinski definition) is 4. The van der Waals surface area contributed by atoms with Crippen LogP contribution in [-0.2, 0) is 9.59 Å². The summed E-state index contributed by atoms with van der Waals surface area (Å²) < 4.78 is 0. The number of hydrogen-bond donors (Lipinski definition) is 4. The summed E-state index contributed by atoms with van der Waals surface area (Å²) in [6, 6.07) is 0. The monoisotopic (exact) mass is 392 g/mol. The normalized spacial score (nSPS) is 50.0. The number of aliphatic hydroxyl groups is 2. The number of nitrogens with one attached hydrogen (secondary N) is 2. The fourth-order valence-corrected chi connectivity index (χ4v) is 7.61. The highest BCUT2D eigenvalue weighted by Crippen LogP contribution is 2.73. The lowest BCUT2D eigenvalue weighted by molar-refractivity contribution is -0.145. The molecule has 0 radical (unpaired) electrons. The third kappa shape index (κ3) is 1.83. The molecule has 0 aliphatic heterocycles. The Kier molecular flexibility index (Phi) is 3.82. The van der Waals surface area contributed by atoms with Crippen LogP contribution in [0.25, 0.3) is 0 Å². The van der Waals surface area contributed by atoms with Crippen molar-refractivity contribution in [3.63, 3.8) is 0 Å². The average molecular weight is 393 g/mol. The standard InChI is InChI=1S/C22H36N2O4/c1-17(2)19(5)7-9-21(17,11-13(19)25)15(27)23-24-16(28)22-10-8-20(6,14(26)12-22)18(22,3)4/h13-14,25-26H,7-12H2,1-6H3,(H,23,27)(H,24,28)/t13-,14-,19-,20-,21-,22-/m1/s1. The molecule has 4 N–H and O–H groups in total. The van der Waals surface area contributed by atoms with Crippen LogP contribution in [-0.4, -0.2) is 34.2 Å². The Morgan fingerprint density at radius 1 is 0.679 bits per heavy atom. The van der Waals surface area contributed by atoms with Gasteiger partial charge in [0, 0.05) is 0 Å². The molecule has 4 saturated carbocycles. The molecule has 0 aromatic heterocycles. The first kappa shape index (κ1) is 20.1. The fraction of sp³-hybridized carbons (Fsp3) is 0.909. The molecule has 0 unspecified atom stereocenters. The number of fused-ring (bicyclic) bond motifs is 4. The molecule has 6 nitrogen and oxygen atoms in total. The minimum Gasteiger partial charge on any atom is -0.393 e. The number of amides is 2. The van der Waals surface area contributed by atoms with Crippen molar-refractivity contribution in [3.8, 4) is 0 Å². The molecule has 2 amide bonds. The SMILES string of the molecule is CC1(C)[C@]2(C(=O)NNC(=O)[C@@]34CC[C@](C)([C@H](O)C3)C4(C)C)CC[C@]1(C)[C@H](O)C2. The maximum atomic E-state index is 13.3. The van der Waals surface area contributed by atoms with Gasteiger partial charge in [-0.05, 0) is 60.2 Å². The number of aliphatic hydroxyl groups excluding tert-OH is 2. The lowest BCUT2D eigenvalue weighted by Crippen LogP contribution is -2.56. The minimum atomic E-state index is -0.666. The van der Waals surface area contributed by atoms with E-state index >= 15 is 0 Å². The van der Waals surface area contributed by atoms with Gasteiger partial charge in [-0.1, -0.05) is 41.5 Å². The first-order valence-electron chi connectivity index (χ1n) is 10.7. The van der Waals surface area contributed by atoms with Gasteiger partial charge in [-0.3, -0.25) is 20.4 Å². The van der Waals surface area contributed by atoms with Crippen LogP contribution in [0.5, 0.6) is 0 Å². The van der Waals surface area contributed by atoms with Crippen LogP contribution in [0.4, 0.5) is 0 Å². The van der Waals surface area contributed by atoms with Crippen molar-refractivity contribution in [1.82, 2.24) is 10.9 Å². The third-order valence-electron chi connectivity index (χ3n) is 11.1. The van der Waals surface area contributed by atoms with Gasteiger partial charge in [-0.15, -0.1) is 0 Å². The van der Waals surface area contributed by atoms with E-state index in [-0.39, 0.29) is 33.5 Å². The summed E-state index contributed by atoms with van der Waals surface area (Å²) in [5, 5.41) is 21.2. The Hall–Kier alpha value is -1.14. The summed E-state index contributed by atoms with van der Waals surface area (Å²) in [7, 11) is 0. The van der Waals surface area contributed by atoms with Gasteiger partial charge < -0.3 is 10.2 Å². The first-order chi connectivity index (χ1) is 12.7. The van der Waals surface area contributed by atoms with Crippen molar-refractivity contribution in [2.75, 3.05) is 0 Å². The summed E-state index contributed by atoms with van der Waals surface area (Å²) in [4.78, 5) is 26.5. The second kappa shape index (κ2) is 5.31. The average Bonchev–Trinajstić information content (AvgIpc) is 3.07. The predicted octanol–water partition coefficient (Wildman–Crippen LogP) is 2.29. The number of rotatable bonds is 2. The lowest BCUT2D eigenvalue weighted by atomic mass is 9.64. The summed E-state index contributed by atoms with van der Waals surface area (Å²) in [6.07, 6.45) is 2.93. The molecule has 28 heavy (non-hydrogen) atoms. The van der Waals surface area contributed by atoms with Crippen LogP contribution < -0.4 is 10.9 Å². The predicted molar refractivity (Wildman–Crippen MR) is 105 cm³/mol. The Morgan fingerprint density at radius 3 is 1.21 bits per heavy atom. The van der Waals surface area contributed by atoms with Crippen molar-refractivity contribution < 1.29 is 19.8 Å². The smallest absolute Gasteiger partial charge is 0.245 e.